The highest BCUT2D eigenvalue weighted by molar-refractivity contribution is 7.22. The van der Waals surface area contributed by atoms with Gasteiger partial charge in [0.15, 0.2) is 0 Å². The van der Waals surface area contributed by atoms with Crippen molar-refractivity contribution < 1.29 is 0 Å². The minimum atomic E-state index is 1.35. The topological polar surface area (TPSA) is 0 Å². The maximum atomic E-state index is 2.35. The van der Waals surface area contributed by atoms with Crippen LogP contribution in [0.4, 0.5) is 0 Å². The average molecular weight is 294 g/mol. The summed E-state index contributed by atoms with van der Waals surface area (Å²) in [5, 5.41) is 5.02. The van der Waals surface area contributed by atoms with Gasteiger partial charge in [-0.3, -0.25) is 0 Å². The van der Waals surface area contributed by atoms with Gasteiger partial charge in [0.2, 0.25) is 0 Å². The van der Waals surface area contributed by atoms with E-state index in [9.17, 15) is 0 Å². The lowest BCUT2D eigenvalue weighted by Gasteiger charge is -2.01. The summed E-state index contributed by atoms with van der Waals surface area (Å²) in [5.41, 5.74) is 4.13. The number of hydrogen-bond donors (Lipinski definition) is 0. The van der Waals surface area contributed by atoms with Crippen LogP contribution in [-0.2, 0) is 0 Å². The molecule has 0 fully saturated rings. The third-order valence-electron chi connectivity index (χ3n) is 3.87. The van der Waals surface area contributed by atoms with E-state index in [1.165, 1.54) is 41.7 Å². The van der Waals surface area contributed by atoms with Crippen molar-refractivity contribution in [2.75, 3.05) is 0 Å². The minimum Gasteiger partial charge on any atom is -0.144 e. The van der Waals surface area contributed by atoms with Crippen LogP contribution in [0.5, 0.6) is 0 Å². The maximum absolute atomic E-state index is 2.35. The van der Waals surface area contributed by atoms with E-state index in [0.717, 1.165) is 0 Å². The molecule has 98 valence electrons. The fraction of sp³-hybridized carbons (Fsp3) is 0.111. The zero-order valence-electron chi connectivity index (χ0n) is 11.4. The Hall–Kier alpha value is -1.64. The molecule has 2 aromatic heterocycles. The van der Waals surface area contributed by atoms with Crippen LogP contribution in [0.2, 0.25) is 0 Å². The van der Waals surface area contributed by atoms with Crippen LogP contribution in [0.1, 0.15) is 11.1 Å². The van der Waals surface area contributed by atoms with E-state index < -0.39 is 0 Å². The van der Waals surface area contributed by atoms with Gasteiger partial charge in [-0.05, 0) is 64.9 Å². The van der Waals surface area contributed by atoms with Crippen LogP contribution in [0.3, 0.4) is 0 Å². The monoisotopic (exact) mass is 294 g/mol. The van der Waals surface area contributed by atoms with Gasteiger partial charge in [0.05, 0.1) is 0 Å². The summed E-state index contributed by atoms with van der Waals surface area (Å²) in [5.74, 6) is 0. The van der Waals surface area contributed by atoms with Crippen molar-refractivity contribution in [3.63, 3.8) is 0 Å². The molecule has 4 rings (SSSR count). The Bertz CT molecular complexity index is 925. The second-order valence-corrected chi connectivity index (χ2v) is 7.15. The lowest BCUT2D eigenvalue weighted by atomic mass is 10.0. The van der Waals surface area contributed by atoms with Crippen molar-refractivity contribution in [2.45, 2.75) is 13.8 Å². The number of hydrogen-bond acceptors (Lipinski definition) is 2. The van der Waals surface area contributed by atoms with E-state index in [-0.39, 0.29) is 0 Å². The molecule has 2 heterocycles. The molecule has 0 unspecified atom stereocenters. The molecule has 2 aromatic carbocycles. The van der Waals surface area contributed by atoms with E-state index in [1.807, 2.05) is 22.7 Å². The van der Waals surface area contributed by atoms with Crippen molar-refractivity contribution in [3.05, 3.63) is 59.0 Å². The second-order valence-electron chi connectivity index (χ2n) is 5.18. The number of fused-ring (bicyclic) bond motifs is 2. The Labute approximate surface area is 126 Å². The average Bonchev–Trinajstić information content (AvgIpc) is 3.01. The zero-order chi connectivity index (χ0) is 13.7. The SMILES string of the molecule is Cc1csc2ccc(-c3sc4ccccc4c3C)cc12. The first-order valence-corrected chi connectivity index (χ1v) is 8.40. The molecule has 0 amide bonds. The summed E-state index contributed by atoms with van der Waals surface area (Å²) in [4.78, 5) is 1.40. The molecule has 0 aliphatic carbocycles. The molecular formula is C18H14S2. The van der Waals surface area contributed by atoms with E-state index in [0.29, 0.717) is 0 Å². The standard InChI is InChI=1S/C18H14S2/c1-11-10-19-16-8-7-13(9-15(11)16)18-12(2)14-5-3-4-6-17(14)20-18/h3-10H,1-2H3. The van der Waals surface area contributed by atoms with Crippen molar-refractivity contribution in [3.8, 4) is 10.4 Å². The Morgan fingerprint density at radius 1 is 0.850 bits per heavy atom. The summed E-state index contributed by atoms with van der Waals surface area (Å²) < 4.78 is 2.76. The van der Waals surface area contributed by atoms with Crippen LogP contribution >= 0.6 is 22.7 Å². The van der Waals surface area contributed by atoms with Crippen molar-refractivity contribution in [2.24, 2.45) is 0 Å². The lowest BCUT2D eigenvalue weighted by Crippen LogP contribution is -1.77. The first-order valence-electron chi connectivity index (χ1n) is 6.70. The van der Waals surface area contributed by atoms with E-state index in [2.05, 4.69) is 61.7 Å². The van der Waals surface area contributed by atoms with E-state index >= 15 is 0 Å². The van der Waals surface area contributed by atoms with Gasteiger partial charge in [0.1, 0.15) is 0 Å². The Morgan fingerprint density at radius 2 is 1.70 bits per heavy atom. The predicted octanol–water partition coefficient (Wildman–Crippen LogP) is 6.40. The highest BCUT2D eigenvalue weighted by Gasteiger charge is 2.11. The number of thiophene rings is 2. The highest BCUT2D eigenvalue weighted by atomic mass is 32.1. The van der Waals surface area contributed by atoms with Gasteiger partial charge in [0, 0.05) is 14.3 Å². The summed E-state index contributed by atoms with van der Waals surface area (Å²) in [6.45, 7) is 4.43. The van der Waals surface area contributed by atoms with Crippen LogP contribution in [0.25, 0.3) is 30.6 Å². The third kappa shape index (κ3) is 1.72. The highest BCUT2D eigenvalue weighted by Crippen LogP contribution is 2.39. The molecular weight excluding hydrogens is 280 g/mol. The normalized spacial score (nSPS) is 11.5. The number of rotatable bonds is 1. The van der Waals surface area contributed by atoms with Crippen molar-refractivity contribution >= 4 is 42.8 Å². The third-order valence-corrected chi connectivity index (χ3v) is 6.28. The molecule has 0 aliphatic heterocycles. The molecule has 0 nitrogen and oxygen atoms in total. The van der Waals surface area contributed by atoms with Gasteiger partial charge in [0.25, 0.3) is 0 Å². The summed E-state index contributed by atoms with van der Waals surface area (Å²) >= 11 is 3.73. The zero-order valence-corrected chi connectivity index (χ0v) is 13.1. The first-order chi connectivity index (χ1) is 9.74. The fourth-order valence-corrected chi connectivity index (χ4v) is 4.88. The molecule has 0 spiro atoms. The molecule has 0 saturated heterocycles. The van der Waals surface area contributed by atoms with Crippen LogP contribution in [-0.4, -0.2) is 0 Å². The molecule has 0 aliphatic rings. The largest absolute Gasteiger partial charge is 0.144 e. The molecule has 20 heavy (non-hydrogen) atoms. The Balaban J connectivity index is 2.00. The Morgan fingerprint density at radius 3 is 2.55 bits per heavy atom. The molecule has 0 saturated carbocycles. The molecule has 4 aromatic rings. The predicted molar refractivity (Wildman–Crippen MR) is 92.1 cm³/mol. The quantitative estimate of drug-likeness (QED) is 0.381. The first kappa shape index (κ1) is 12.1. The fourth-order valence-electron chi connectivity index (χ4n) is 2.75. The molecule has 2 heteroatoms. The summed E-state index contributed by atoms with van der Waals surface area (Å²) in [6.07, 6.45) is 0. The molecule has 0 bridgehead atoms. The van der Waals surface area contributed by atoms with Gasteiger partial charge < -0.3 is 0 Å². The Kier molecular flexibility index (Phi) is 2.69. The second kappa shape index (κ2) is 4.44. The number of benzene rings is 2. The smallest absolute Gasteiger partial charge is 0.0384 e. The molecule has 0 radical (unpaired) electrons. The van der Waals surface area contributed by atoms with Crippen LogP contribution in [0.15, 0.2) is 47.8 Å². The van der Waals surface area contributed by atoms with Gasteiger partial charge >= 0.3 is 0 Å². The van der Waals surface area contributed by atoms with Crippen LogP contribution in [0, 0.1) is 13.8 Å². The molecule has 0 atom stereocenters. The van der Waals surface area contributed by atoms with E-state index in [1.54, 1.807) is 0 Å². The minimum absolute atomic E-state index is 1.35. The number of aryl methyl sites for hydroxylation is 2. The van der Waals surface area contributed by atoms with Crippen molar-refractivity contribution in [1.29, 1.82) is 0 Å². The van der Waals surface area contributed by atoms with E-state index in [4.69, 9.17) is 0 Å². The maximum Gasteiger partial charge on any atom is 0.0384 e. The van der Waals surface area contributed by atoms with Gasteiger partial charge in [-0.15, -0.1) is 22.7 Å². The van der Waals surface area contributed by atoms with Gasteiger partial charge in [-0.2, -0.15) is 0 Å². The summed E-state index contributed by atoms with van der Waals surface area (Å²) in [7, 11) is 0. The van der Waals surface area contributed by atoms with Crippen LogP contribution < -0.4 is 0 Å². The summed E-state index contributed by atoms with van der Waals surface area (Å²) in [6, 6.07) is 15.5. The lowest BCUT2D eigenvalue weighted by molar-refractivity contribution is 1.57. The van der Waals surface area contributed by atoms with Gasteiger partial charge in [-0.25, -0.2) is 0 Å². The molecule has 0 N–H and O–H groups in total. The van der Waals surface area contributed by atoms with Gasteiger partial charge in [-0.1, -0.05) is 24.3 Å². The van der Waals surface area contributed by atoms with Crippen molar-refractivity contribution in [1.82, 2.24) is 0 Å².